The zero-order chi connectivity index (χ0) is 11.4. The van der Waals surface area contributed by atoms with Crippen LogP contribution in [0.4, 0.5) is 5.82 Å². The Labute approximate surface area is 88.6 Å². The molecule has 0 fully saturated rings. The molecule has 1 rings (SSSR count). The van der Waals surface area contributed by atoms with Crippen LogP contribution in [0, 0.1) is 6.92 Å². The van der Waals surface area contributed by atoms with Gasteiger partial charge in [-0.15, -0.1) is 6.58 Å². The van der Waals surface area contributed by atoms with Crippen molar-refractivity contribution in [2.45, 2.75) is 19.9 Å². The Kier molecular flexibility index (Phi) is 3.49. The number of aromatic nitrogens is 2. The summed E-state index contributed by atoms with van der Waals surface area (Å²) in [5.74, 6) is 0.545. The number of nitrogens with two attached hydrogens (primary N) is 1. The number of imidazole rings is 1. The van der Waals surface area contributed by atoms with Crippen molar-refractivity contribution in [2.75, 3.05) is 12.8 Å². The van der Waals surface area contributed by atoms with E-state index in [2.05, 4.69) is 16.3 Å². The van der Waals surface area contributed by atoms with Gasteiger partial charge in [0.05, 0.1) is 7.11 Å². The Balaban J connectivity index is 3.02. The van der Waals surface area contributed by atoms with E-state index in [4.69, 9.17) is 5.73 Å². The Hall–Kier alpha value is -1.78. The monoisotopic (exact) mass is 209 g/mol. The first-order chi connectivity index (χ1) is 7.11. The summed E-state index contributed by atoms with van der Waals surface area (Å²) in [5.41, 5.74) is 5.97. The molecule has 0 unspecified atom stereocenters. The fourth-order valence-electron chi connectivity index (χ4n) is 1.33. The standard InChI is InChI=1S/C10H15N3O2/c1-4-5-6-13-7(2)12-8(9(13)11)10(14)15-3/h4H,1,5-6,11H2,2-3H3. The van der Waals surface area contributed by atoms with Crippen LogP contribution in [-0.2, 0) is 11.3 Å². The number of hydrogen-bond donors (Lipinski definition) is 1. The third kappa shape index (κ3) is 2.18. The number of ether oxygens (including phenoxy) is 1. The second-order valence-corrected chi connectivity index (χ2v) is 3.11. The molecular formula is C10H15N3O2. The molecule has 2 N–H and O–H groups in total. The molecule has 5 heteroatoms. The maximum Gasteiger partial charge on any atom is 0.360 e. The van der Waals surface area contributed by atoms with E-state index in [0.717, 1.165) is 6.42 Å². The van der Waals surface area contributed by atoms with Crippen LogP contribution in [-0.4, -0.2) is 22.6 Å². The van der Waals surface area contributed by atoms with E-state index in [0.29, 0.717) is 18.2 Å². The van der Waals surface area contributed by atoms with Gasteiger partial charge < -0.3 is 15.0 Å². The van der Waals surface area contributed by atoms with Crippen LogP contribution in [0.25, 0.3) is 0 Å². The van der Waals surface area contributed by atoms with Gasteiger partial charge in [0, 0.05) is 6.54 Å². The number of carbonyl (C=O) groups is 1. The predicted octanol–water partition coefficient (Wildman–Crippen LogP) is 1.14. The van der Waals surface area contributed by atoms with Crippen LogP contribution in [0.2, 0.25) is 0 Å². The average Bonchev–Trinajstić information content (AvgIpc) is 2.51. The highest BCUT2D eigenvalue weighted by Gasteiger charge is 2.18. The lowest BCUT2D eigenvalue weighted by Crippen LogP contribution is -2.08. The van der Waals surface area contributed by atoms with E-state index >= 15 is 0 Å². The first-order valence-corrected chi connectivity index (χ1v) is 4.63. The lowest BCUT2D eigenvalue weighted by atomic mass is 10.4. The number of aryl methyl sites for hydroxylation is 1. The van der Waals surface area contributed by atoms with Crippen molar-refractivity contribution in [3.05, 3.63) is 24.2 Å². The highest BCUT2D eigenvalue weighted by atomic mass is 16.5. The molecule has 0 saturated carbocycles. The Morgan fingerprint density at radius 1 is 1.73 bits per heavy atom. The first-order valence-electron chi connectivity index (χ1n) is 4.63. The summed E-state index contributed by atoms with van der Waals surface area (Å²) >= 11 is 0. The minimum atomic E-state index is -0.507. The maximum atomic E-state index is 11.3. The topological polar surface area (TPSA) is 70.1 Å². The van der Waals surface area contributed by atoms with Crippen molar-refractivity contribution >= 4 is 11.8 Å². The molecule has 0 bridgehead atoms. The molecule has 0 aliphatic heterocycles. The van der Waals surface area contributed by atoms with Crippen molar-refractivity contribution in [3.63, 3.8) is 0 Å². The minimum absolute atomic E-state index is 0.180. The smallest absolute Gasteiger partial charge is 0.360 e. The number of anilines is 1. The molecule has 1 aromatic rings. The third-order valence-electron chi connectivity index (χ3n) is 2.13. The van der Waals surface area contributed by atoms with Crippen LogP contribution in [0.3, 0.4) is 0 Å². The molecule has 0 spiro atoms. The number of nitrogens with zero attached hydrogens (tertiary/aromatic N) is 2. The van der Waals surface area contributed by atoms with Gasteiger partial charge in [0.15, 0.2) is 5.69 Å². The third-order valence-corrected chi connectivity index (χ3v) is 2.13. The van der Waals surface area contributed by atoms with Crippen LogP contribution in [0.1, 0.15) is 22.7 Å². The maximum absolute atomic E-state index is 11.3. The van der Waals surface area contributed by atoms with Gasteiger partial charge in [-0.25, -0.2) is 9.78 Å². The largest absolute Gasteiger partial charge is 0.464 e. The highest BCUT2D eigenvalue weighted by molar-refractivity contribution is 5.92. The minimum Gasteiger partial charge on any atom is -0.464 e. The summed E-state index contributed by atoms with van der Waals surface area (Å²) in [6, 6.07) is 0. The van der Waals surface area contributed by atoms with Gasteiger partial charge in [0.25, 0.3) is 0 Å². The van der Waals surface area contributed by atoms with E-state index in [9.17, 15) is 4.79 Å². The van der Waals surface area contributed by atoms with Crippen molar-refractivity contribution in [1.29, 1.82) is 0 Å². The summed E-state index contributed by atoms with van der Waals surface area (Å²) in [4.78, 5) is 15.3. The summed E-state index contributed by atoms with van der Waals surface area (Å²) in [6.45, 7) is 6.10. The number of hydrogen-bond acceptors (Lipinski definition) is 4. The van der Waals surface area contributed by atoms with Crippen LogP contribution < -0.4 is 5.73 Å². The Morgan fingerprint density at radius 2 is 2.40 bits per heavy atom. The molecule has 1 heterocycles. The van der Waals surface area contributed by atoms with Gasteiger partial charge in [-0.05, 0) is 13.3 Å². The molecule has 1 aromatic heterocycles. The van der Waals surface area contributed by atoms with Gasteiger partial charge in [0.2, 0.25) is 0 Å². The molecule has 0 radical (unpaired) electrons. The lowest BCUT2D eigenvalue weighted by Gasteiger charge is -2.04. The number of esters is 1. The SMILES string of the molecule is C=CCCn1c(C)nc(C(=O)OC)c1N. The van der Waals surface area contributed by atoms with Gasteiger partial charge in [-0.1, -0.05) is 6.08 Å². The predicted molar refractivity (Wildman–Crippen MR) is 57.5 cm³/mol. The Bertz CT molecular complexity index is 382. The second kappa shape index (κ2) is 4.63. The van der Waals surface area contributed by atoms with Gasteiger partial charge in [0.1, 0.15) is 11.6 Å². The number of methoxy groups -OCH3 is 1. The molecular weight excluding hydrogens is 194 g/mol. The summed E-state index contributed by atoms with van der Waals surface area (Å²) in [6.07, 6.45) is 2.57. The number of carbonyl (C=O) groups excluding carboxylic acids is 1. The molecule has 0 amide bonds. The zero-order valence-corrected chi connectivity index (χ0v) is 8.99. The fourth-order valence-corrected chi connectivity index (χ4v) is 1.33. The van der Waals surface area contributed by atoms with Gasteiger partial charge >= 0.3 is 5.97 Å². The van der Waals surface area contributed by atoms with E-state index in [1.54, 1.807) is 17.6 Å². The van der Waals surface area contributed by atoms with E-state index in [1.165, 1.54) is 7.11 Å². The van der Waals surface area contributed by atoms with Crippen LogP contribution >= 0.6 is 0 Å². The quantitative estimate of drug-likeness (QED) is 0.596. The van der Waals surface area contributed by atoms with E-state index < -0.39 is 5.97 Å². The molecule has 82 valence electrons. The van der Waals surface area contributed by atoms with Crippen molar-refractivity contribution in [3.8, 4) is 0 Å². The van der Waals surface area contributed by atoms with Gasteiger partial charge in [-0.3, -0.25) is 0 Å². The van der Waals surface area contributed by atoms with Crippen molar-refractivity contribution in [2.24, 2.45) is 0 Å². The molecule has 0 atom stereocenters. The Morgan fingerprint density at radius 3 is 2.93 bits per heavy atom. The van der Waals surface area contributed by atoms with E-state index in [-0.39, 0.29) is 5.69 Å². The average molecular weight is 209 g/mol. The number of rotatable bonds is 4. The molecule has 0 saturated heterocycles. The van der Waals surface area contributed by atoms with Crippen molar-refractivity contribution in [1.82, 2.24) is 9.55 Å². The second-order valence-electron chi connectivity index (χ2n) is 3.11. The van der Waals surface area contributed by atoms with Crippen LogP contribution in [0.15, 0.2) is 12.7 Å². The summed E-state index contributed by atoms with van der Waals surface area (Å²) in [7, 11) is 1.31. The van der Waals surface area contributed by atoms with Crippen LogP contribution in [0.5, 0.6) is 0 Å². The lowest BCUT2D eigenvalue weighted by molar-refractivity contribution is 0.0595. The van der Waals surface area contributed by atoms with E-state index in [1.807, 2.05) is 0 Å². The van der Waals surface area contributed by atoms with Gasteiger partial charge in [-0.2, -0.15) is 0 Å². The first kappa shape index (κ1) is 11.3. The highest BCUT2D eigenvalue weighted by Crippen LogP contribution is 2.15. The molecule has 0 aromatic carbocycles. The van der Waals surface area contributed by atoms with Crippen molar-refractivity contribution < 1.29 is 9.53 Å². The zero-order valence-electron chi connectivity index (χ0n) is 8.99. The summed E-state index contributed by atoms with van der Waals surface area (Å²) < 4.78 is 6.35. The fraction of sp³-hybridized carbons (Fsp3) is 0.400. The number of nitrogen functional groups attached to an aromatic ring is 1. The summed E-state index contributed by atoms with van der Waals surface area (Å²) in [5, 5.41) is 0. The molecule has 0 aliphatic carbocycles. The number of allylic oxidation sites excluding steroid dienone is 1. The molecule has 5 nitrogen and oxygen atoms in total. The molecule has 0 aliphatic rings. The normalized spacial score (nSPS) is 10.0. The molecule has 15 heavy (non-hydrogen) atoms.